The highest BCUT2D eigenvalue weighted by atomic mass is 35.5. The molecule has 6 heteroatoms. The van der Waals surface area contributed by atoms with Gasteiger partial charge in [-0.15, -0.1) is 11.6 Å². The Balaban J connectivity index is 1.97. The number of nitrogens with one attached hydrogen (secondary N) is 1. The van der Waals surface area contributed by atoms with Crippen molar-refractivity contribution in [1.29, 1.82) is 0 Å². The number of hydrogen-bond acceptors (Lipinski definition) is 2. The molecule has 1 aliphatic rings. The molecule has 1 fully saturated rings. The van der Waals surface area contributed by atoms with Gasteiger partial charge < -0.3 is 0 Å². The number of alkyl halides is 1. The molecule has 0 amide bonds. The third-order valence-electron chi connectivity index (χ3n) is 3.46. The smallest absolute Gasteiger partial charge is 0.211 e. The van der Waals surface area contributed by atoms with Crippen molar-refractivity contribution in [3.63, 3.8) is 0 Å². The van der Waals surface area contributed by atoms with Crippen LogP contribution in [0.4, 0.5) is 0 Å². The first-order valence-corrected chi connectivity index (χ1v) is 8.67. The molecule has 1 aliphatic carbocycles. The van der Waals surface area contributed by atoms with Crippen LogP contribution in [0.3, 0.4) is 0 Å². The van der Waals surface area contributed by atoms with Crippen LogP contribution >= 0.6 is 23.2 Å². The zero-order chi connectivity index (χ0) is 13.9. The van der Waals surface area contributed by atoms with Gasteiger partial charge in [-0.25, -0.2) is 13.1 Å². The molecule has 1 aromatic carbocycles. The molecule has 0 atom stereocenters. The van der Waals surface area contributed by atoms with Gasteiger partial charge in [0, 0.05) is 11.9 Å². The molecular formula is C13H17Cl2NO2S. The lowest BCUT2D eigenvalue weighted by Gasteiger charge is -2.25. The van der Waals surface area contributed by atoms with Crippen LogP contribution in [0.25, 0.3) is 0 Å². The predicted molar refractivity (Wildman–Crippen MR) is 78.2 cm³/mol. The average molecular weight is 322 g/mol. The van der Waals surface area contributed by atoms with Gasteiger partial charge in [-0.3, -0.25) is 0 Å². The van der Waals surface area contributed by atoms with Gasteiger partial charge in [0.1, 0.15) is 4.90 Å². The molecule has 0 aromatic heterocycles. The first-order valence-electron chi connectivity index (χ1n) is 6.37. The molecule has 0 aliphatic heterocycles. The Kier molecular flexibility index (Phi) is 5.12. The minimum Gasteiger partial charge on any atom is -0.211 e. The van der Waals surface area contributed by atoms with Gasteiger partial charge in [-0.05, 0) is 43.7 Å². The van der Waals surface area contributed by atoms with Gasteiger partial charge >= 0.3 is 0 Å². The highest BCUT2D eigenvalue weighted by Gasteiger charge is 2.23. The van der Waals surface area contributed by atoms with Gasteiger partial charge in [0.2, 0.25) is 10.0 Å². The van der Waals surface area contributed by atoms with Gasteiger partial charge in [0.15, 0.2) is 0 Å². The standard InChI is InChI=1S/C13H17Cl2NO2S/c14-11-7-5-10(6-8-11)9-16-19(17,18)13-4-2-1-3-12(13)15/h1-4,10-11,16H,5-9H2. The fraction of sp³-hybridized carbons (Fsp3) is 0.538. The summed E-state index contributed by atoms with van der Waals surface area (Å²) in [5.41, 5.74) is 0. The summed E-state index contributed by atoms with van der Waals surface area (Å²) in [6.07, 6.45) is 3.86. The van der Waals surface area contributed by atoms with Crippen molar-refractivity contribution in [2.45, 2.75) is 36.0 Å². The van der Waals surface area contributed by atoms with Crippen LogP contribution in [0.1, 0.15) is 25.7 Å². The average Bonchev–Trinajstić information content (AvgIpc) is 2.38. The zero-order valence-electron chi connectivity index (χ0n) is 10.5. The van der Waals surface area contributed by atoms with Gasteiger partial charge in [0.25, 0.3) is 0 Å². The minimum absolute atomic E-state index is 0.141. The summed E-state index contributed by atoms with van der Waals surface area (Å²) in [6.45, 7) is 0.456. The molecule has 0 heterocycles. The van der Waals surface area contributed by atoms with Gasteiger partial charge in [-0.1, -0.05) is 23.7 Å². The maximum atomic E-state index is 12.1. The summed E-state index contributed by atoms with van der Waals surface area (Å²) < 4.78 is 26.9. The van der Waals surface area contributed by atoms with Crippen molar-refractivity contribution in [3.8, 4) is 0 Å². The van der Waals surface area contributed by atoms with E-state index in [-0.39, 0.29) is 15.3 Å². The molecule has 1 aromatic rings. The van der Waals surface area contributed by atoms with Crippen molar-refractivity contribution in [2.75, 3.05) is 6.54 Å². The Morgan fingerprint density at radius 1 is 1.16 bits per heavy atom. The van der Waals surface area contributed by atoms with Crippen LogP contribution in [-0.4, -0.2) is 20.3 Å². The van der Waals surface area contributed by atoms with Gasteiger partial charge in [0.05, 0.1) is 5.02 Å². The molecule has 1 saturated carbocycles. The van der Waals surface area contributed by atoms with E-state index in [2.05, 4.69) is 4.72 Å². The van der Waals surface area contributed by atoms with E-state index in [0.29, 0.717) is 12.5 Å². The fourth-order valence-electron chi connectivity index (χ4n) is 2.29. The Labute approximate surface area is 124 Å². The molecule has 0 radical (unpaired) electrons. The van der Waals surface area contributed by atoms with Crippen LogP contribution in [0.15, 0.2) is 29.2 Å². The zero-order valence-corrected chi connectivity index (χ0v) is 12.8. The molecule has 0 unspecified atom stereocenters. The van der Waals surface area contributed by atoms with Gasteiger partial charge in [-0.2, -0.15) is 0 Å². The lowest BCUT2D eigenvalue weighted by molar-refractivity contribution is 0.361. The summed E-state index contributed by atoms with van der Waals surface area (Å²) in [5.74, 6) is 0.368. The molecule has 0 bridgehead atoms. The van der Waals surface area contributed by atoms with E-state index >= 15 is 0 Å². The second-order valence-corrected chi connectivity index (χ2v) is 7.66. The van der Waals surface area contributed by atoms with Crippen LogP contribution < -0.4 is 4.72 Å². The van der Waals surface area contributed by atoms with E-state index in [1.165, 1.54) is 6.07 Å². The topological polar surface area (TPSA) is 46.2 Å². The Bertz CT molecular complexity index is 525. The normalized spacial score (nSPS) is 24.3. The number of sulfonamides is 1. The minimum atomic E-state index is -3.52. The molecular weight excluding hydrogens is 305 g/mol. The Morgan fingerprint density at radius 3 is 2.42 bits per heavy atom. The van der Waals surface area contributed by atoms with Crippen molar-refractivity contribution < 1.29 is 8.42 Å². The van der Waals surface area contributed by atoms with Crippen LogP contribution in [0.2, 0.25) is 5.02 Å². The second kappa shape index (κ2) is 6.44. The summed E-state index contributed by atoms with van der Waals surface area (Å²) in [7, 11) is -3.52. The highest BCUT2D eigenvalue weighted by molar-refractivity contribution is 7.89. The van der Waals surface area contributed by atoms with E-state index in [1.807, 2.05) is 0 Å². The van der Waals surface area contributed by atoms with E-state index in [4.69, 9.17) is 23.2 Å². The number of halogens is 2. The SMILES string of the molecule is O=S(=O)(NCC1CCC(Cl)CC1)c1ccccc1Cl. The predicted octanol–water partition coefficient (Wildman–Crippen LogP) is 3.42. The summed E-state index contributed by atoms with van der Waals surface area (Å²) in [4.78, 5) is 0.141. The monoisotopic (exact) mass is 321 g/mol. The molecule has 19 heavy (non-hydrogen) atoms. The summed E-state index contributed by atoms with van der Waals surface area (Å²) in [5, 5.41) is 0.496. The maximum absolute atomic E-state index is 12.1. The largest absolute Gasteiger partial charge is 0.242 e. The second-order valence-electron chi connectivity index (χ2n) is 4.90. The van der Waals surface area contributed by atoms with E-state index in [0.717, 1.165) is 25.7 Å². The van der Waals surface area contributed by atoms with Crippen LogP contribution in [-0.2, 0) is 10.0 Å². The van der Waals surface area contributed by atoms with Crippen molar-refractivity contribution in [2.24, 2.45) is 5.92 Å². The summed E-state index contributed by atoms with van der Waals surface area (Å²) in [6, 6.07) is 6.47. The molecule has 1 N–H and O–H groups in total. The quantitative estimate of drug-likeness (QED) is 0.864. The number of hydrogen-bond donors (Lipinski definition) is 1. The third-order valence-corrected chi connectivity index (χ3v) is 5.82. The van der Waals surface area contributed by atoms with Crippen LogP contribution in [0.5, 0.6) is 0 Å². The highest BCUT2D eigenvalue weighted by Crippen LogP contribution is 2.27. The van der Waals surface area contributed by atoms with E-state index < -0.39 is 10.0 Å². The molecule has 0 spiro atoms. The molecule has 2 rings (SSSR count). The van der Waals surface area contributed by atoms with Crippen molar-refractivity contribution in [3.05, 3.63) is 29.3 Å². The molecule has 0 saturated heterocycles. The lowest BCUT2D eigenvalue weighted by atomic mass is 9.89. The molecule has 106 valence electrons. The first-order chi connectivity index (χ1) is 8.99. The lowest BCUT2D eigenvalue weighted by Crippen LogP contribution is -2.31. The molecule has 3 nitrogen and oxygen atoms in total. The Morgan fingerprint density at radius 2 is 1.79 bits per heavy atom. The van der Waals surface area contributed by atoms with Crippen molar-refractivity contribution in [1.82, 2.24) is 4.72 Å². The van der Waals surface area contributed by atoms with Crippen LogP contribution in [0, 0.1) is 5.92 Å². The van der Waals surface area contributed by atoms with Crippen molar-refractivity contribution >= 4 is 33.2 Å². The van der Waals surface area contributed by atoms with E-state index in [1.54, 1.807) is 18.2 Å². The fourth-order valence-corrected chi connectivity index (χ4v) is 4.18. The number of rotatable bonds is 4. The number of benzene rings is 1. The third kappa shape index (κ3) is 4.09. The summed E-state index contributed by atoms with van der Waals surface area (Å²) >= 11 is 11.9. The maximum Gasteiger partial charge on any atom is 0.242 e. The van der Waals surface area contributed by atoms with E-state index in [9.17, 15) is 8.42 Å². The first kappa shape index (κ1) is 15.1. The Hall–Kier alpha value is -0.290.